The summed E-state index contributed by atoms with van der Waals surface area (Å²) in [5.74, 6) is -0.589. The fourth-order valence-corrected chi connectivity index (χ4v) is 4.10. The molecule has 0 aliphatic heterocycles. The van der Waals surface area contributed by atoms with Crippen molar-refractivity contribution in [3.05, 3.63) is 42.0 Å². The van der Waals surface area contributed by atoms with Crippen molar-refractivity contribution in [1.29, 1.82) is 5.26 Å². The van der Waals surface area contributed by atoms with E-state index in [9.17, 15) is 12.8 Å². The minimum atomic E-state index is -3.73. The van der Waals surface area contributed by atoms with Gasteiger partial charge in [-0.1, -0.05) is 0 Å². The Bertz CT molecular complexity index is 1210. The third-order valence-electron chi connectivity index (χ3n) is 4.42. The second kappa shape index (κ2) is 6.49. The molecule has 7 nitrogen and oxygen atoms in total. The van der Waals surface area contributed by atoms with Gasteiger partial charge in [0.1, 0.15) is 33.7 Å². The Morgan fingerprint density at radius 2 is 1.96 bits per heavy atom. The number of aromatic nitrogens is 2. The lowest BCUT2D eigenvalue weighted by Crippen LogP contribution is -2.28. The van der Waals surface area contributed by atoms with Crippen LogP contribution in [0.4, 0.5) is 10.1 Å². The minimum Gasteiger partial charge on any atom is -0.495 e. The number of methoxy groups -OCH3 is 1. The molecule has 3 aromatic rings. The number of anilines is 1. The molecular weight excluding hydrogens is 383 g/mol. The normalized spacial score (nSPS) is 12.1. The molecule has 0 aliphatic carbocycles. The molecule has 146 valence electrons. The van der Waals surface area contributed by atoms with Gasteiger partial charge in [0, 0.05) is 17.8 Å². The number of pyridine rings is 1. The van der Waals surface area contributed by atoms with Crippen molar-refractivity contribution >= 4 is 21.2 Å². The maximum atomic E-state index is 14.2. The molecule has 2 N–H and O–H groups in total. The Kier molecular flexibility index (Phi) is 4.55. The predicted octanol–water partition coefficient (Wildman–Crippen LogP) is 3.18. The topological polar surface area (TPSA) is 110 Å². The van der Waals surface area contributed by atoms with Crippen LogP contribution in [-0.2, 0) is 9.84 Å². The van der Waals surface area contributed by atoms with Gasteiger partial charge >= 0.3 is 0 Å². The van der Waals surface area contributed by atoms with Gasteiger partial charge in [-0.15, -0.1) is 0 Å². The van der Waals surface area contributed by atoms with Crippen molar-refractivity contribution in [2.24, 2.45) is 0 Å². The number of sulfone groups is 1. The van der Waals surface area contributed by atoms with E-state index in [1.165, 1.54) is 42.1 Å². The van der Waals surface area contributed by atoms with Gasteiger partial charge in [-0.25, -0.2) is 17.8 Å². The molecule has 28 heavy (non-hydrogen) atoms. The molecule has 0 saturated heterocycles. The molecule has 0 radical (unpaired) electrons. The van der Waals surface area contributed by atoms with Gasteiger partial charge in [0.05, 0.1) is 29.4 Å². The van der Waals surface area contributed by atoms with Gasteiger partial charge in [0.2, 0.25) is 0 Å². The summed E-state index contributed by atoms with van der Waals surface area (Å²) in [4.78, 5) is 4.25. The Morgan fingerprint density at radius 3 is 2.50 bits per heavy atom. The number of hydrogen-bond donors (Lipinski definition) is 1. The highest BCUT2D eigenvalue weighted by atomic mass is 32.2. The van der Waals surface area contributed by atoms with Crippen LogP contribution >= 0.6 is 0 Å². The number of nitrogens with zero attached hydrogens (tertiary/aromatic N) is 3. The molecule has 3 rings (SSSR count). The number of benzene rings is 1. The number of nitrogens with two attached hydrogens (primary N) is 1. The van der Waals surface area contributed by atoms with Crippen molar-refractivity contribution in [2.75, 3.05) is 12.8 Å². The van der Waals surface area contributed by atoms with Crippen molar-refractivity contribution in [2.45, 2.75) is 30.4 Å². The lowest BCUT2D eigenvalue weighted by atomic mass is 10.1. The van der Waals surface area contributed by atoms with Crippen molar-refractivity contribution in [3.63, 3.8) is 0 Å². The number of fused-ring (bicyclic) bond motifs is 1. The Labute approximate surface area is 162 Å². The molecule has 0 atom stereocenters. The molecule has 0 saturated carbocycles. The fraction of sp³-hybridized carbons (Fsp3) is 0.263. The van der Waals surface area contributed by atoms with E-state index in [4.69, 9.17) is 15.7 Å². The zero-order chi connectivity index (χ0) is 20.9. The summed E-state index contributed by atoms with van der Waals surface area (Å²) in [6, 6.07) is 5.84. The molecule has 2 aromatic heterocycles. The van der Waals surface area contributed by atoms with Crippen LogP contribution in [0.15, 0.2) is 35.5 Å². The van der Waals surface area contributed by atoms with Crippen molar-refractivity contribution in [3.8, 4) is 23.1 Å². The molecule has 0 aliphatic rings. The van der Waals surface area contributed by atoms with E-state index in [1.807, 2.05) is 0 Å². The Morgan fingerprint density at radius 1 is 1.29 bits per heavy atom. The van der Waals surface area contributed by atoms with Crippen LogP contribution in [0, 0.1) is 17.1 Å². The SMILES string of the molecule is COc1cc2ncc(-c3cc(N)c(C#N)c(F)c3)n2cc1S(=O)(=O)C(C)(C)C. The summed E-state index contributed by atoms with van der Waals surface area (Å²) in [5.41, 5.74) is 6.74. The average Bonchev–Trinajstić information content (AvgIpc) is 3.02. The first-order valence-corrected chi connectivity index (χ1v) is 9.79. The summed E-state index contributed by atoms with van der Waals surface area (Å²) < 4.78 is 46.0. The number of ether oxygens (including phenoxy) is 1. The predicted molar refractivity (Wildman–Crippen MR) is 103 cm³/mol. The van der Waals surface area contributed by atoms with Crippen molar-refractivity contribution in [1.82, 2.24) is 9.38 Å². The standard InChI is InChI=1S/C19H19FN4O3S/c1-19(2,3)28(25,26)17-10-24-15(9-23-18(24)7-16(17)27-4)11-5-13(20)12(8-21)14(22)6-11/h5-7,9-10H,22H2,1-4H3. The lowest BCUT2D eigenvalue weighted by molar-refractivity contribution is 0.401. The van der Waals surface area contributed by atoms with E-state index in [0.29, 0.717) is 16.9 Å². The summed E-state index contributed by atoms with van der Waals surface area (Å²) >= 11 is 0. The third kappa shape index (κ3) is 2.96. The Hall–Kier alpha value is -3.12. The van der Waals surface area contributed by atoms with Gasteiger partial charge in [-0.05, 0) is 32.9 Å². The van der Waals surface area contributed by atoms with Crippen LogP contribution in [0.25, 0.3) is 16.9 Å². The lowest BCUT2D eigenvalue weighted by Gasteiger charge is -2.21. The van der Waals surface area contributed by atoms with Crippen LogP contribution in [0.2, 0.25) is 0 Å². The summed E-state index contributed by atoms with van der Waals surface area (Å²) in [6.07, 6.45) is 2.88. The first-order valence-electron chi connectivity index (χ1n) is 8.30. The number of halogens is 1. The van der Waals surface area contributed by atoms with Gasteiger partial charge in [-0.2, -0.15) is 5.26 Å². The van der Waals surface area contributed by atoms with E-state index in [0.717, 1.165) is 0 Å². The van der Waals surface area contributed by atoms with E-state index < -0.39 is 20.4 Å². The van der Waals surface area contributed by atoms with Gasteiger partial charge in [0.25, 0.3) is 0 Å². The van der Waals surface area contributed by atoms with Crippen molar-refractivity contribution < 1.29 is 17.5 Å². The zero-order valence-electron chi connectivity index (χ0n) is 15.8. The highest BCUT2D eigenvalue weighted by Crippen LogP contribution is 2.35. The summed E-state index contributed by atoms with van der Waals surface area (Å²) in [5, 5.41) is 8.98. The van der Waals surface area contributed by atoms with E-state index >= 15 is 0 Å². The quantitative estimate of drug-likeness (QED) is 0.674. The number of imidazole rings is 1. The first-order chi connectivity index (χ1) is 13.0. The fourth-order valence-electron chi connectivity index (χ4n) is 2.79. The largest absolute Gasteiger partial charge is 0.495 e. The molecule has 9 heteroatoms. The van der Waals surface area contributed by atoms with E-state index in [2.05, 4.69) is 4.98 Å². The molecule has 0 fully saturated rings. The molecule has 0 spiro atoms. The monoisotopic (exact) mass is 402 g/mol. The van der Waals surface area contributed by atoms with Crippen LogP contribution in [0.3, 0.4) is 0 Å². The van der Waals surface area contributed by atoms with Crippen LogP contribution in [0.1, 0.15) is 26.3 Å². The summed E-state index contributed by atoms with van der Waals surface area (Å²) in [6.45, 7) is 4.78. The van der Waals surface area contributed by atoms with Crippen LogP contribution in [0.5, 0.6) is 5.75 Å². The molecular formula is C19H19FN4O3S. The minimum absolute atomic E-state index is 0.00339. The maximum Gasteiger partial charge on any atom is 0.188 e. The maximum absolute atomic E-state index is 14.2. The molecule has 0 unspecified atom stereocenters. The molecule has 2 heterocycles. The second-order valence-electron chi connectivity index (χ2n) is 7.23. The van der Waals surface area contributed by atoms with E-state index in [1.54, 1.807) is 26.8 Å². The van der Waals surface area contributed by atoms with Gasteiger partial charge < -0.3 is 10.5 Å². The average molecular weight is 402 g/mol. The van der Waals surface area contributed by atoms with Crippen LogP contribution < -0.4 is 10.5 Å². The highest BCUT2D eigenvalue weighted by molar-refractivity contribution is 7.92. The number of nitriles is 1. The smallest absolute Gasteiger partial charge is 0.188 e. The second-order valence-corrected chi connectivity index (χ2v) is 9.90. The van der Waals surface area contributed by atoms with Gasteiger partial charge in [-0.3, -0.25) is 4.40 Å². The number of rotatable bonds is 3. The van der Waals surface area contributed by atoms with Gasteiger partial charge in [0.15, 0.2) is 9.84 Å². The third-order valence-corrected chi connectivity index (χ3v) is 6.92. The molecule has 0 amide bonds. The first kappa shape index (κ1) is 19.6. The molecule has 1 aromatic carbocycles. The zero-order valence-corrected chi connectivity index (χ0v) is 16.6. The molecule has 0 bridgehead atoms. The van der Waals surface area contributed by atoms with E-state index in [-0.39, 0.29) is 21.9 Å². The summed E-state index contributed by atoms with van der Waals surface area (Å²) in [7, 11) is -2.35. The Balaban J connectivity index is 2.32. The number of hydrogen-bond acceptors (Lipinski definition) is 6. The number of nitrogen functional groups attached to an aromatic ring is 1. The highest BCUT2D eigenvalue weighted by Gasteiger charge is 2.34. The van der Waals surface area contributed by atoms with Crippen LogP contribution in [-0.4, -0.2) is 29.7 Å².